The Bertz CT molecular complexity index is 639. The van der Waals surface area contributed by atoms with E-state index in [9.17, 15) is 9.59 Å². The summed E-state index contributed by atoms with van der Waals surface area (Å²) < 4.78 is 10.7. The number of ether oxygens (including phenoxy) is 2. The van der Waals surface area contributed by atoms with E-state index >= 15 is 0 Å². The number of thiocarbonyl (C=S) groups is 1. The molecule has 9 heteroatoms. The summed E-state index contributed by atoms with van der Waals surface area (Å²) >= 11 is 12.1. The first-order valence-electron chi connectivity index (χ1n) is 6.17. The van der Waals surface area contributed by atoms with Gasteiger partial charge < -0.3 is 20.1 Å². The minimum Gasteiger partial charge on any atom is -0.495 e. The number of carbonyl (C=O) groups is 2. The third kappa shape index (κ3) is 3.82. The maximum atomic E-state index is 12.1. The van der Waals surface area contributed by atoms with Gasteiger partial charge in [-0.1, -0.05) is 35.6 Å². The number of hydrogen-bond donors (Lipinski definition) is 2. The monoisotopic (exact) mass is 360 g/mol. The SMILES string of the molecule is COc1cc(OC)c(NC(=O)CC2SC(=S)NC2=O)cc1Cl. The minimum absolute atomic E-state index is 0.00342. The number of halogens is 1. The van der Waals surface area contributed by atoms with E-state index in [0.717, 1.165) is 11.8 Å². The Balaban J connectivity index is 2.09. The Morgan fingerprint density at radius 2 is 2.09 bits per heavy atom. The molecule has 0 radical (unpaired) electrons. The van der Waals surface area contributed by atoms with Gasteiger partial charge in [0.25, 0.3) is 0 Å². The molecule has 1 heterocycles. The van der Waals surface area contributed by atoms with Gasteiger partial charge in [-0.3, -0.25) is 9.59 Å². The van der Waals surface area contributed by atoms with Crippen molar-refractivity contribution < 1.29 is 19.1 Å². The van der Waals surface area contributed by atoms with Gasteiger partial charge in [0, 0.05) is 12.5 Å². The molecule has 6 nitrogen and oxygen atoms in total. The molecule has 1 fully saturated rings. The zero-order valence-electron chi connectivity index (χ0n) is 11.8. The zero-order chi connectivity index (χ0) is 16.3. The van der Waals surface area contributed by atoms with Gasteiger partial charge in [-0.25, -0.2) is 0 Å². The fraction of sp³-hybridized carbons (Fsp3) is 0.308. The Morgan fingerprint density at radius 1 is 1.41 bits per heavy atom. The lowest BCUT2D eigenvalue weighted by Crippen LogP contribution is -2.27. The highest BCUT2D eigenvalue weighted by atomic mass is 35.5. The lowest BCUT2D eigenvalue weighted by molar-refractivity contribution is -0.122. The van der Waals surface area contributed by atoms with Crippen molar-refractivity contribution in [3.8, 4) is 11.5 Å². The normalized spacial score (nSPS) is 17.1. The van der Waals surface area contributed by atoms with E-state index in [2.05, 4.69) is 10.6 Å². The van der Waals surface area contributed by atoms with E-state index in [0.29, 0.717) is 26.5 Å². The van der Waals surface area contributed by atoms with Crippen LogP contribution in [0.5, 0.6) is 11.5 Å². The van der Waals surface area contributed by atoms with Crippen LogP contribution in [0, 0.1) is 0 Å². The lowest BCUT2D eigenvalue weighted by atomic mass is 10.2. The summed E-state index contributed by atoms with van der Waals surface area (Å²) in [5.74, 6) is 0.253. The summed E-state index contributed by atoms with van der Waals surface area (Å²) in [6.07, 6.45) is 0.00342. The standard InChI is InChI=1S/C13H13ClN2O4S2/c1-19-8-4-9(20-2)7(3-6(8)14)15-11(17)5-10-12(18)16-13(21)22-10/h3-4,10H,5H2,1-2H3,(H,15,17)(H,16,18,21). The summed E-state index contributed by atoms with van der Waals surface area (Å²) in [6.45, 7) is 0. The maximum Gasteiger partial charge on any atom is 0.239 e. The molecule has 2 N–H and O–H groups in total. The predicted molar refractivity (Wildman–Crippen MR) is 89.9 cm³/mol. The van der Waals surface area contributed by atoms with Crippen molar-refractivity contribution in [3.63, 3.8) is 0 Å². The molecular weight excluding hydrogens is 348 g/mol. The van der Waals surface area contributed by atoms with Crippen LogP contribution in [0.2, 0.25) is 5.02 Å². The summed E-state index contributed by atoms with van der Waals surface area (Å²) in [6, 6.07) is 3.10. The average molecular weight is 361 g/mol. The number of methoxy groups -OCH3 is 2. The van der Waals surface area contributed by atoms with E-state index < -0.39 is 5.25 Å². The molecule has 1 aliphatic heterocycles. The third-order valence-corrected chi connectivity index (χ3v) is 4.55. The molecule has 2 amide bonds. The van der Waals surface area contributed by atoms with Crippen LogP contribution in [0.25, 0.3) is 0 Å². The summed E-state index contributed by atoms with van der Waals surface area (Å²) in [7, 11) is 2.95. The van der Waals surface area contributed by atoms with Crippen LogP contribution < -0.4 is 20.1 Å². The van der Waals surface area contributed by atoms with Gasteiger partial charge in [-0.15, -0.1) is 0 Å². The van der Waals surface area contributed by atoms with Gasteiger partial charge in [-0.2, -0.15) is 0 Å². The van der Waals surface area contributed by atoms with Crippen LogP contribution in [-0.4, -0.2) is 35.6 Å². The second-order valence-electron chi connectivity index (χ2n) is 4.32. The van der Waals surface area contributed by atoms with Crippen molar-refractivity contribution in [1.29, 1.82) is 0 Å². The number of carbonyl (C=O) groups excluding carboxylic acids is 2. The number of thioether (sulfide) groups is 1. The topological polar surface area (TPSA) is 76.7 Å². The van der Waals surface area contributed by atoms with Crippen LogP contribution in [0.15, 0.2) is 12.1 Å². The van der Waals surface area contributed by atoms with Crippen molar-refractivity contribution in [2.24, 2.45) is 0 Å². The quantitative estimate of drug-likeness (QED) is 0.784. The molecular formula is C13H13ClN2O4S2. The number of amides is 2. The molecule has 22 heavy (non-hydrogen) atoms. The second kappa shape index (κ2) is 7.17. The van der Waals surface area contributed by atoms with E-state index in [-0.39, 0.29) is 18.2 Å². The van der Waals surface area contributed by atoms with E-state index in [4.69, 9.17) is 33.3 Å². The zero-order valence-corrected chi connectivity index (χ0v) is 14.2. The summed E-state index contributed by atoms with van der Waals surface area (Å²) in [5.41, 5.74) is 0.407. The van der Waals surface area contributed by atoms with Crippen molar-refractivity contribution in [2.75, 3.05) is 19.5 Å². The predicted octanol–water partition coefficient (Wildman–Crippen LogP) is 2.20. The number of rotatable bonds is 5. The molecule has 118 valence electrons. The third-order valence-electron chi connectivity index (χ3n) is 2.89. The fourth-order valence-electron chi connectivity index (χ4n) is 1.85. The Hall–Kier alpha value is -1.51. The molecule has 1 atom stereocenters. The van der Waals surface area contributed by atoms with E-state index in [1.54, 1.807) is 6.07 Å². The van der Waals surface area contributed by atoms with Crippen LogP contribution in [-0.2, 0) is 9.59 Å². The number of benzene rings is 1. The number of anilines is 1. The van der Waals surface area contributed by atoms with Gasteiger partial charge in [0.15, 0.2) is 0 Å². The van der Waals surface area contributed by atoms with Crippen LogP contribution in [0.3, 0.4) is 0 Å². The molecule has 0 saturated carbocycles. The number of nitrogens with one attached hydrogen (secondary N) is 2. The van der Waals surface area contributed by atoms with Gasteiger partial charge >= 0.3 is 0 Å². The van der Waals surface area contributed by atoms with E-state index in [1.165, 1.54) is 20.3 Å². The minimum atomic E-state index is -0.521. The Labute approximate surface area is 141 Å². The van der Waals surface area contributed by atoms with Crippen LogP contribution in [0.1, 0.15) is 6.42 Å². The largest absolute Gasteiger partial charge is 0.495 e. The van der Waals surface area contributed by atoms with Gasteiger partial charge in [0.2, 0.25) is 11.8 Å². The summed E-state index contributed by atoms with van der Waals surface area (Å²) in [4.78, 5) is 23.6. The van der Waals surface area contributed by atoms with Crippen LogP contribution in [0.4, 0.5) is 5.69 Å². The lowest BCUT2D eigenvalue weighted by Gasteiger charge is -2.13. The van der Waals surface area contributed by atoms with E-state index in [1.807, 2.05) is 0 Å². The van der Waals surface area contributed by atoms with Gasteiger partial charge in [-0.05, 0) is 6.07 Å². The molecule has 0 aliphatic carbocycles. The first kappa shape index (κ1) is 16.9. The van der Waals surface area contributed by atoms with Gasteiger partial charge in [0.1, 0.15) is 15.8 Å². The molecule has 0 bridgehead atoms. The Morgan fingerprint density at radius 3 is 2.64 bits per heavy atom. The molecule has 0 spiro atoms. The smallest absolute Gasteiger partial charge is 0.239 e. The average Bonchev–Trinajstić information content (AvgIpc) is 2.77. The summed E-state index contributed by atoms with van der Waals surface area (Å²) in [5, 5.41) is 4.99. The molecule has 1 aromatic carbocycles. The van der Waals surface area contributed by atoms with Crippen LogP contribution >= 0.6 is 35.6 Å². The first-order chi connectivity index (χ1) is 10.4. The highest BCUT2D eigenvalue weighted by molar-refractivity contribution is 8.24. The molecule has 1 aromatic rings. The molecule has 1 unspecified atom stereocenters. The molecule has 2 rings (SSSR count). The van der Waals surface area contributed by atoms with Crippen molar-refractivity contribution >= 4 is 57.4 Å². The van der Waals surface area contributed by atoms with Crippen molar-refractivity contribution in [1.82, 2.24) is 5.32 Å². The highest BCUT2D eigenvalue weighted by Crippen LogP contribution is 2.36. The maximum absolute atomic E-state index is 12.1. The molecule has 0 aromatic heterocycles. The Kier molecular flexibility index (Phi) is 5.49. The molecule has 1 aliphatic rings. The highest BCUT2D eigenvalue weighted by Gasteiger charge is 2.31. The number of hydrogen-bond acceptors (Lipinski definition) is 6. The van der Waals surface area contributed by atoms with Gasteiger partial charge in [0.05, 0.1) is 30.2 Å². The van der Waals surface area contributed by atoms with Crippen molar-refractivity contribution in [3.05, 3.63) is 17.2 Å². The fourth-order valence-corrected chi connectivity index (χ4v) is 3.36. The van der Waals surface area contributed by atoms with Crippen molar-refractivity contribution in [2.45, 2.75) is 11.7 Å². The second-order valence-corrected chi connectivity index (χ2v) is 6.61. The first-order valence-corrected chi connectivity index (χ1v) is 7.84. The molecule has 1 saturated heterocycles.